The molecule has 1 aliphatic heterocycles. The summed E-state index contributed by atoms with van der Waals surface area (Å²) in [6, 6.07) is 0.190. The number of hydrogen-bond acceptors (Lipinski definition) is 5. The van der Waals surface area contributed by atoms with Crippen LogP contribution < -0.4 is 4.72 Å². The first-order valence-electron chi connectivity index (χ1n) is 7.29. The van der Waals surface area contributed by atoms with Crippen LogP contribution in [-0.2, 0) is 14.8 Å². The third-order valence-electron chi connectivity index (χ3n) is 3.60. The second-order valence-corrected chi connectivity index (χ2v) is 7.48. The van der Waals surface area contributed by atoms with Gasteiger partial charge in [0.15, 0.2) is 0 Å². The third-order valence-corrected chi connectivity index (χ3v) is 4.99. The number of ether oxygens (including phenoxy) is 1. The lowest BCUT2D eigenvalue weighted by molar-refractivity contribution is 0.0134. The second-order valence-electron chi connectivity index (χ2n) is 5.72. The van der Waals surface area contributed by atoms with Crippen molar-refractivity contribution in [3.05, 3.63) is 12.4 Å². The highest BCUT2D eigenvalue weighted by Crippen LogP contribution is 2.14. The molecule has 2 rings (SSSR count). The van der Waals surface area contributed by atoms with Gasteiger partial charge in [0.05, 0.1) is 19.4 Å². The Bertz CT molecular complexity index is 510. The molecule has 8 heteroatoms. The van der Waals surface area contributed by atoms with E-state index in [1.165, 1.54) is 12.4 Å². The van der Waals surface area contributed by atoms with Crippen LogP contribution in [0.1, 0.15) is 20.3 Å². The molecule has 0 bridgehead atoms. The number of hydrogen-bond donors (Lipinski definition) is 2. The van der Waals surface area contributed by atoms with Gasteiger partial charge in [-0.3, -0.25) is 10.00 Å². The predicted octanol–water partition coefficient (Wildman–Crippen LogP) is 0.435. The third kappa shape index (κ3) is 4.77. The quantitative estimate of drug-likeness (QED) is 0.762. The Balaban J connectivity index is 1.98. The molecule has 1 saturated heterocycles. The molecule has 1 aliphatic rings. The monoisotopic (exact) mass is 316 g/mol. The lowest BCUT2D eigenvalue weighted by atomic mass is 10.0. The van der Waals surface area contributed by atoms with Crippen LogP contribution in [0.2, 0.25) is 0 Å². The summed E-state index contributed by atoms with van der Waals surface area (Å²) in [5, 5.41) is 6.21. The molecule has 0 radical (unpaired) electrons. The van der Waals surface area contributed by atoms with Gasteiger partial charge in [-0.15, -0.1) is 0 Å². The van der Waals surface area contributed by atoms with Crippen LogP contribution in [0.3, 0.4) is 0 Å². The largest absolute Gasteiger partial charge is 0.379 e. The Morgan fingerprint density at radius 1 is 1.43 bits per heavy atom. The smallest absolute Gasteiger partial charge is 0.243 e. The zero-order valence-corrected chi connectivity index (χ0v) is 13.4. The van der Waals surface area contributed by atoms with E-state index in [0.717, 1.165) is 19.5 Å². The van der Waals surface area contributed by atoms with Gasteiger partial charge in [-0.1, -0.05) is 13.8 Å². The van der Waals surface area contributed by atoms with Crippen LogP contribution in [0.4, 0.5) is 0 Å². The SMILES string of the molecule is CC(C)CC(CNS(=O)(=O)c1cn[nH]c1)N1CCOCC1. The van der Waals surface area contributed by atoms with Crippen molar-refractivity contribution in [1.82, 2.24) is 19.8 Å². The van der Waals surface area contributed by atoms with E-state index in [2.05, 4.69) is 33.7 Å². The van der Waals surface area contributed by atoms with Crippen molar-refractivity contribution in [3.63, 3.8) is 0 Å². The van der Waals surface area contributed by atoms with Crippen molar-refractivity contribution >= 4 is 10.0 Å². The first kappa shape index (κ1) is 16.4. The lowest BCUT2D eigenvalue weighted by Crippen LogP contribution is -2.49. The van der Waals surface area contributed by atoms with Crippen LogP contribution in [0, 0.1) is 5.92 Å². The molecule has 0 aliphatic carbocycles. The van der Waals surface area contributed by atoms with E-state index in [1.807, 2.05) is 0 Å². The molecule has 0 aromatic carbocycles. The van der Waals surface area contributed by atoms with E-state index in [-0.39, 0.29) is 10.9 Å². The fourth-order valence-electron chi connectivity index (χ4n) is 2.52. The average molecular weight is 316 g/mol. The Kier molecular flexibility index (Phi) is 5.74. The second kappa shape index (κ2) is 7.35. The summed E-state index contributed by atoms with van der Waals surface area (Å²) < 4.78 is 32.4. The van der Waals surface area contributed by atoms with E-state index >= 15 is 0 Å². The molecule has 7 nitrogen and oxygen atoms in total. The van der Waals surface area contributed by atoms with Crippen molar-refractivity contribution in [2.24, 2.45) is 5.92 Å². The average Bonchev–Trinajstić information content (AvgIpc) is 2.99. The summed E-state index contributed by atoms with van der Waals surface area (Å²) in [7, 11) is -3.49. The number of nitrogens with zero attached hydrogens (tertiary/aromatic N) is 2. The van der Waals surface area contributed by atoms with Crippen LogP contribution in [0.25, 0.3) is 0 Å². The van der Waals surface area contributed by atoms with Gasteiger partial charge in [0.25, 0.3) is 0 Å². The van der Waals surface area contributed by atoms with Crippen molar-refractivity contribution in [1.29, 1.82) is 0 Å². The minimum Gasteiger partial charge on any atom is -0.379 e. The Labute approximate surface area is 126 Å². The zero-order chi connectivity index (χ0) is 15.3. The highest BCUT2D eigenvalue weighted by molar-refractivity contribution is 7.89. The Hall–Kier alpha value is -0.960. The number of sulfonamides is 1. The van der Waals surface area contributed by atoms with Gasteiger partial charge in [0.1, 0.15) is 4.90 Å². The normalized spacial score (nSPS) is 19.0. The predicted molar refractivity (Wildman–Crippen MR) is 79.4 cm³/mol. The molecule has 0 amide bonds. The standard InChI is InChI=1S/C13H24N4O3S/c1-11(2)7-12(17-3-5-20-6-4-17)8-16-21(18,19)13-9-14-15-10-13/h9-12,16H,3-8H2,1-2H3,(H,14,15). The fourth-order valence-corrected chi connectivity index (χ4v) is 3.50. The Morgan fingerprint density at radius 3 is 2.71 bits per heavy atom. The van der Waals surface area contributed by atoms with Crippen LogP contribution >= 0.6 is 0 Å². The summed E-state index contributed by atoms with van der Waals surface area (Å²) >= 11 is 0. The maximum absolute atomic E-state index is 12.2. The van der Waals surface area contributed by atoms with E-state index in [1.54, 1.807) is 0 Å². The molecule has 1 unspecified atom stereocenters. The first-order chi connectivity index (χ1) is 9.99. The van der Waals surface area contributed by atoms with Gasteiger partial charge >= 0.3 is 0 Å². The van der Waals surface area contributed by atoms with Gasteiger partial charge in [0, 0.05) is 31.9 Å². The summed E-state index contributed by atoms with van der Waals surface area (Å²) in [4.78, 5) is 2.48. The number of morpholine rings is 1. The van der Waals surface area contributed by atoms with E-state index in [4.69, 9.17) is 4.74 Å². The van der Waals surface area contributed by atoms with Crippen LogP contribution in [-0.4, -0.2) is 62.4 Å². The van der Waals surface area contributed by atoms with E-state index < -0.39 is 10.0 Å². The van der Waals surface area contributed by atoms with Gasteiger partial charge in [-0.25, -0.2) is 13.1 Å². The van der Waals surface area contributed by atoms with Gasteiger partial charge < -0.3 is 4.74 Å². The molecule has 120 valence electrons. The topological polar surface area (TPSA) is 87.3 Å². The fraction of sp³-hybridized carbons (Fsp3) is 0.769. The summed E-state index contributed by atoms with van der Waals surface area (Å²) in [5.41, 5.74) is 0. The molecule has 1 aromatic rings. The van der Waals surface area contributed by atoms with Crippen molar-refractivity contribution < 1.29 is 13.2 Å². The number of nitrogens with one attached hydrogen (secondary N) is 2. The maximum Gasteiger partial charge on any atom is 0.243 e. The number of aromatic amines is 1. The lowest BCUT2D eigenvalue weighted by Gasteiger charge is -2.35. The molecule has 1 aromatic heterocycles. The molecular formula is C13H24N4O3S. The summed E-state index contributed by atoms with van der Waals surface area (Å²) in [6.45, 7) is 7.84. The number of H-pyrrole nitrogens is 1. The summed E-state index contributed by atoms with van der Waals surface area (Å²) in [5.74, 6) is 0.510. The van der Waals surface area contributed by atoms with E-state index in [9.17, 15) is 8.42 Å². The number of aromatic nitrogens is 2. The van der Waals surface area contributed by atoms with Crippen LogP contribution in [0.5, 0.6) is 0 Å². The first-order valence-corrected chi connectivity index (χ1v) is 8.77. The molecule has 21 heavy (non-hydrogen) atoms. The molecule has 1 fully saturated rings. The minimum absolute atomic E-state index is 0.174. The number of rotatable bonds is 7. The van der Waals surface area contributed by atoms with Gasteiger partial charge in [-0.2, -0.15) is 5.10 Å². The molecule has 0 saturated carbocycles. The maximum atomic E-state index is 12.2. The minimum atomic E-state index is -3.49. The Morgan fingerprint density at radius 2 is 2.14 bits per heavy atom. The molecule has 0 spiro atoms. The highest BCUT2D eigenvalue weighted by Gasteiger charge is 2.24. The molecule has 1 atom stereocenters. The van der Waals surface area contributed by atoms with Crippen molar-refractivity contribution in [2.75, 3.05) is 32.8 Å². The molecule has 2 N–H and O–H groups in total. The van der Waals surface area contributed by atoms with Crippen molar-refractivity contribution in [3.8, 4) is 0 Å². The molecule has 2 heterocycles. The van der Waals surface area contributed by atoms with Crippen LogP contribution in [0.15, 0.2) is 17.3 Å². The summed E-state index contributed by atoms with van der Waals surface area (Å²) in [6.07, 6.45) is 3.65. The van der Waals surface area contributed by atoms with E-state index in [0.29, 0.717) is 25.7 Å². The van der Waals surface area contributed by atoms with Crippen molar-refractivity contribution in [2.45, 2.75) is 31.2 Å². The van der Waals surface area contributed by atoms with Gasteiger partial charge in [-0.05, 0) is 12.3 Å². The zero-order valence-electron chi connectivity index (χ0n) is 12.6. The van der Waals surface area contributed by atoms with Gasteiger partial charge in [0.2, 0.25) is 10.0 Å². The highest BCUT2D eigenvalue weighted by atomic mass is 32.2. The molecular weight excluding hydrogens is 292 g/mol.